The maximum Gasteiger partial charge on any atom is 0.0255 e. The first-order chi connectivity index (χ1) is 19.8. The van der Waals surface area contributed by atoms with Crippen molar-refractivity contribution in [1.29, 1.82) is 0 Å². The maximum atomic E-state index is 4.42. The summed E-state index contributed by atoms with van der Waals surface area (Å²) in [6, 6.07) is 5.04. The van der Waals surface area contributed by atoms with Crippen molar-refractivity contribution in [2.75, 3.05) is 0 Å². The lowest BCUT2D eigenvalue weighted by molar-refractivity contribution is 0.234. The van der Waals surface area contributed by atoms with Crippen LogP contribution in [0.2, 0.25) is 0 Å². The van der Waals surface area contributed by atoms with Crippen LogP contribution in [-0.2, 0) is 0 Å². The molecule has 12 bridgehead atoms. The molecular weight excluding hydrogens is 512 g/mol. The normalized spacial score (nSPS) is 66.0. The maximum absolute atomic E-state index is 4.42. The zero-order chi connectivity index (χ0) is 30.1. The van der Waals surface area contributed by atoms with Crippen LogP contribution in [0.1, 0.15) is 95.9 Å². The van der Waals surface area contributed by atoms with Crippen LogP contribution in [0.3, 0.4) is 0 Å². The van der Waals surface area contributed by atoms with E-state index in [1.165, 1.54) is 12.8 Å². The van der Waals surface area contributed by atoms with Crippen LogP contribution in [0, 0.1) is 94.7 Å². The van der Waals surface area contributed by atoms with Crippen molar-refractivity contribution in [3.63, 3.8) is 0 Å². The van der Waals surface area contributed by atoms with Gasteiger partial charge in [-0.15, -0.1) is 0 Å². The SMILES string of the molecule is CC1C(C)C2CC1C1NC(C(C)C1C)C1NC(C(C)C1C)C1CC(C(C)C1C)C1NC(C(C)C1C)C1NC2C(C)C1C. The number of rotatable bonds is 0. The molecule has 5 saturated heterocycles. The Labute approximate surface area is 259 Å². The van der Waals surface area contributed by atoms with Gasteiger partial charge in [0.2, 0.25) is 0 Å². The molecule has 2 saturated carbocycles. The molecular formula is C38H68N4. The average molecular weight is 581 g/mol. The van der Waals surface area contributed by atoms with Gasteiger partial charge < -0.3 is 21.3 Å². The molecule has 240 valence electrons. The molecule has 4 nitrogen and oxygen atoms in total. The van der Waals surface area contributed by atoms with E-state index in [0.717, 1.165) is 94.7 Å². The monoisotopic (exact) mass is 581 g/mol. The fourth-order valence-corrected chi connectivity index (χ4v) is 13.4. The van der Waals surface area contributed by atoms with Crippen molar-refractivity contribution < 1.29 is 0 Å². The van der Waals surface area contributed by atoms with Crippen molar-refractivity contribution in [1.82, 2.24) is 21.3 Å². The third kappa shape index (κ3) is 4.18. The third-order valence-corrected chi connectivity index (χ3v) is 17.5. The first-order valence-electron chi connectivity index (χ1n) is 18.9. The van der Waals surface area contributed by atoms with Crippen LogP contribution in [0.15, 0.2) is 0 Å². The van der Waals surface area contributed by atoms with Crippen LogP contribution in [0.4, 0.5) is 0 Å². The van der Waals surface area contributed by atoms with Gasteiger partial charge in [-0.05, 0) is 108 Å². The Hall–Kier alpha value is -0.160. The highest BCUT2D eigenvalue weighted by atomic mass is 15.2. The smallest absolute Gasteiger partial charge is 0.0255 e. The minimum Gasteiger partial charge on any atom is -0.309 e. The van der Waals surface area contributed by atoms with Crippen molar-refractivity contribution >= 4 is 0 Å². The van der Waals surface area contributed by atoms with E-state index in [1.807, 2.05) is 0 Å². The van der Waals surface area contributed by atoms with Crippen molar-refractivity contribution in [3.05, 3.63) is 0 Å². The van der Waals surface area contributed by atoms with Crippen molar-refractivity contribution in [2.24, 2.45) is 94.7 Å². The minimum absolute atomic E-state index is 0.601. The molecule has 42 heavy (non-hydrogen) atoms. The highest BCUT2D eigenvalue weighted by Crippen LogP contribution is 2.55. The summed E-state index contributed by atoms with van der Waals surface area (Å²) in [7, 11) is 0. The molecule has 4 N–H and O–H groups in total. The van der Waals surface area contributed by atoms with Gasteiger partial charge >= 0.3 is 0 Å². The number of fused-ring (bicyclic) bond motifs is 18. The van der Waals surface area contributed by atoms with E-state index in [0.29, 0.717) is 48.3 Å². The van der Waals surface area contributed by atoms with Crippen LogP contribution in [0.5, 0.6) is 0 Å². The van der Waals surface area contributed by atoms with E-state index in [4.69, 9.17) is 0 Å². The summed E-state index contributed by atoms with van der Waals surface area (Å²) >= 11 is 0. The molecule has 0 radical (unpaired) electrons. The molecule has 5 aliphatic heterocycles. The van der Waals surface area contributed by atoms with Crippen molar-refractivity contribution in [2.45, 2.75) is 144 Å². The fraction of sp³-hybridized carbons (Fsp3) is 1.00. The van der Waals surface area contributed by atoms with Gasteiger partial charge in [0.05, 0.1) is 0 Å². The Morgan fingerprint density at radius 2 is 0.405 bits per heavy atom. The Balaban J connectivity index is 1.27. The second kappa shape index (κ2) is 10.7. The highest BCUT2D eigenvalue weighted by molar-refractivity contribution is 5.15. The second-order valence-corrected chi connectivity index (χ2v) is 18.3. The lowest BCUT2D eigenvalue weighted by atomic mass is 9.77. The van der Waals surface area contributed by atoms with E-state index in [9.17, 15) is 0 Å². The standard InChI is InChI=1S/C38H68N4/c1-15-16(2)28-13-27(15)31-19(5)23(9)35(39-31)36-25(11)21(7)33(41-36)29-14-30(18(4)17(29)3)34-22(8)26(12)38(42-34)37-24(10)20(6)32(28)40-37/h15-42H,13-14H2,1-12H3. The van der Waals surface area contributed by atoms with E-state index >= 15 is 0 Å². The van der Waals surface area contributed by atoms with Crippen LogP contribution < -0.4 is 21.3 Å². The molecule has 0 aromatic carbocycles. The predicted octanol–water partition coefficient (Wildman–Crippen LogP) is 6.27. The van der Waals surface area contributed by atoms with Crippen LogP contribution in [-0.4, -0.2) is 48.3 Å². The number of nitrogens with one attached hydrogen (secondary N) is 4. The summed E-state index contributed by atoms with van der Waals surface area (Å²) in [5.74, 6) is 12.2. The zero-order valence-corrected chi connectivity index (χ0v) is 29.3. The summed E-state index contributed by atoms with van der Waals surface area (Å²) in [6.45, 7) is 31.2. The van der Waals surface area contributed by atoms with Gasteiger partial charge in [-0.1, -0.05) is 83.1 Å². The Morgan fingerprint density at radius 1 is 0.238 bits per heavy atom. The Kier molecular flexibility index (Phi) is 7.77. The largest absolute Gasteiger partial charge is 0.309 e. The zero-order valence-electron chi connectivity index (χ0n) is 29.3. The van der Waals surface area contributed by atoms with Gasteiger partial charge in [0.25, 0.3) is 0 Å². The summed E-state index contributed by atoms with van der Waals surface area (Å²) in [5.41, 5.74) is 0. The van der Waals surface area contributed by atoms with Gasteiger partial charge in [0.1, 0.15) is 0 Å². The van der Waals surface area contributed by atoms with Gasteiger partial charge in [-0.2, -0.15) is 0 Å². The lowest BCUT2D eigenvalue weighted by Gasteiger charge is -2.31. The highest BCUT2D eigenvalue weighted by Gasteiger charge is 2.59. The minimum atomic E-state index is 0.601. The lowest BCUT2D eigenvalue weighted by Crippen LogP contribution is -2.52. The predicted molar refractivity (Wildman–Crippen MR) is 176 cm³/mol. The van der Waals surface area contributed by atoms with E-state index < -0.39 is 0 Å². The summed E-state index contributed by atoms with van der Waals surface area (Å²) in [5, 5.41) is 17.7. The molecule has 24 atom stereocenters. The second-order valence-electron chi connectivity index (χ2n) is 18.3. The van der Waals surface area contributed by atoms with Crippen molar-refractivity contribution in [3.8, 4) is 0 Å². The Morgan fingerprint density at radius 3 is 0.595 bits per heavy atom. The van der Waals surface area contributed by atoms with Crippen LogP contribution in [0.25, 0.3) is 0 Å². The molecule has 0 spiro atoms. The van der Waals surface area contributed by atoms with Gasteiger partial charge in [-0.3, -0.25) is 0 Å². The average Bonchev–Trinajstić information content (AvgIpc) is 3.74. The molecule has 7 rings (SSSR count). The first-order valence-corrected chi connectivity index (χ1v) is 18.9. The molecule has 7 fully saturated rings. The molecule has 2 aliphatic carbocycles. The molecule has 0 aromatic rings. The Bertz CT molecular complexity index is 726. The van der Waals surface area contributed by atoms with E-state index in [-0.39, 0.29) is 0 Å². The molecule has 24 unspecified atom stereocenters. The summed E-state index contributed by atoms with van der Waals surface area (Å²) < 4.78 is 0. The van der Waals surface area contributed by atoms with Crippen LogP contribution >= 0.6 is 0 Å². The molecule has 5 heterocycles. The van der Waals surface area contributed by atoms with E-state index in [2.05, 4.69) is 104 Å². The fourth-order valence-electron chi connectivity index (χ4n) is 13.4. The van der Waals surface area contributed by atoms with Gasteiger partial charge in [-0.25, -0.2) is 0 Å². The summed E-state index contributed by atoms with van der Waals surface area (Å²) in [6.07, 6.45) is 2.81. The first kappa shape index (κ1) is 30.5. The van der Waals surface area contributed by atoms with Gasteiger partial charge in [0, 0.05) is 48.3 Å². The number of hydrogen-bond acceptors (Lipinski definition) is 4. The van der Waals surface area contributed by atoms with E-state index in [1.54, 1.807) is 0 Å². The molecule has 4 heteroatoms. The topological polar surface area (TPSA) is 48.1 Å². The van der Waals surface area contributed by atoms with Gasteiger partial charge in [0.15, 0.2) is 0 Å². The quantitative estimate of drug-likeness (QED) is 0.273. The third-order valence-electron chi connectivity index (χ3n) is 17.5. The molecule has 0 amide bonds. The number of hydrogen-bond donors (Lipinski definition) is 4. The summed E-state index contributed by atoms with van der Waals surface area (Å²) in [4.78, 5) is 0. The molecule has 0 aromatic heterocycles. The molecule has 7 aliphatic rings.